The molecule has 1 aromatic carbocycles. The Morgan fingerprint density at radius 1 is 1.33 bits per heavy atom. The predicted octanol–water partition coefficient (Wildman–Crippen LogP) is 3.53. The maximum atomic E-state index is 11.7. The highest BCUT2D eigenvalue weighted by molar-refractivity contribution is 6.32. The lowest BCUT2D eigenvalue weighted by atomic mass is 10.1. The molecule has 0 saturated carbocycles. The van der Waals surface area contributed by atoms with Gasteiger partial charge in [0.2, 0.25) is 0 Å². The van der Waals surface area contributed by atoms with Crippen LogP contribution in [0.2, 0.25) is 5.02 Å². The molecule has 0 aliphatic carbocycles. The smallest absolute Gasteiger partial charge is 0.319 e. The van der Waals surface area contributed by atoms with Crippen LogP contribution in [0.5, 0.6) is 5.75 Å². The number of rotatable bonds is 8. The van der Waals surface area contributed by atoms with Gasteiger partial charge in [-0.15, -0.1) is 0 Å². The normalized spacial score (nSPS) is 10.5. The summed E-state index contributed by atoms with van der Waals surface area (Å²) in [6, 6.07) is 4.89. The molecule has 0 heterocycles. The molecule has 0 bridgehead atoms. The van der Waals surface area contributed by atoms with Crippen LogP contribution in [-0.4, -0.2) is 32.9 Å². The molecule has 2 N–H and O–H groups in total. The summed E-state index contributed by atoms with van der Waals surface area (Å²) in [5.74, 6) is 1.13. The first kappa shape index (κ1) is 17.6. The Labute approximate surface area is 131 Å². The lowest BCUT2D eigenvalue weighted by Crippen LogP contribution is -2.30. The van der Waals surface area contributed by atoms with Crippen molar-refractivity contribution in [2.75, 3.05) is 32.2 Å². The maximum absolute atomic E-state index is 11.7. The van der Waals surface area contributed by atoms with Gasteiger partial charge in [0, 0.05) is 19.3 Å². The van der Waals surface area contributed by atoms with Crippen molar-refractivity contribution in [3.8, 4) is 5.75 Å². The van der Waals surface area contributed by atoms with Crippen LogP contribution in [0.4, 0.5) is 10.5 Å². The van der Waals surface area contributed by atoms with Gasteiger partial charge in [0.15, 0.2) is 0 Å². The molecular formula is C15H23ClN2O3. The van der Waals surface area contributed by atoms with Gasteiger partial charge in [0.05, 0.1) is 11.6 Å². The SMILES string of the molecule is COCCOc1ccc(NC(=O)NCCC(C)C)cc1Cl. The van der Waals surface area contributed by atoms with E-state index in [1.807, 2.05) is 0 Å². The van der Waals surface area contributed by atoms with Crippen LogP contribution in [0, 0.1) is 5.92 Å². The summed E-state index contributed by atoms with van der Waals surface area (Å²) in [7, 11) is 1.61. The minimum absolute atomic E-state index is 0.236. The molecule has 0 unspecified atom stereocenters. The lowest BCUT2D eigenvalue weighted by Gasteiger charge is -2.11. The molecule has 118 valence electrons. The van der Waals surface area contributed by atoms with Gasteiger partial charge in [0.25, 0.3) is 0 Å². The number of amides is 2. The molecule has 2 amide bonds. The highest BCUT2D eigenvalue weighted by Gasteiger charge is 2.06. The van der Waals surface area contributed by atoms with Crippen LogP contribution in [0.25, 0.3) is 0 Å². The van der Waals surface area contributed by atoms with Gasteiger partial charge in [-0.05, 0) is 30.5 Å². The molecule has 0 aliphatic heterocycles. The van der Waals surface area contributed by atoms with Crippen molar-refractivity contribution >= 4 is 23.3 Å². The van der Waals surface area contributed by atoms with E-state index in [0.29, 0.717) is 42.1 Å². The molecule has 0 aliphatic rings. The quantitative estimate of drug-likeness (QED) is 0.722. The van der Waals surface area contributed by atoms with Crippen molar-refractivity contribution in [2.45, 2.75) is 20.3 Å². The lowest BCUT2D eigenvalue weighted by molar-refractivity contribution is 0.146. The van der Waals surface area contributed by atoms with Crippen LogP contribution in [0.15, 0.2) is 18.2 Å². The molecule has 0 radical (unpaired) electrons. The van der Waals surface area contributed by atoms with Gasteiger partial charge in [-0.25, -0.2) is 4.79 Å². The molecule has 0 spiro atoms. The van der Waals surface area contributed by atoms with Gasteiger partial charge < -0.3 is 20.1 Å². The highest BCUT2D eigenvalue weighted by atomic mass is 35.5. The fourth-order valence-corrected chi connectivity index (χ4v) is 1.82. The molecular weight excluding hydrogens is 292 g/mol. The molecule has 21 heavy (non-hydrogen) atoms. The number of hydrogen-bond donors (Lipinski definition) is 2. The molecule has 0 fully saturated rings. The van der Waals surface area contributed by atoms with Crippen molar-refractivity contribution in [3.05, 3.63) is 23.2 Å². The highest BCUT2D eigenvalue weighted by Crippen LogP contribution is 2.27. The Bertz CT molecular complexity index is 453. The van der Waals surface area contributed by atoms with Crippen LogP contribution in [0.1, 0.15) is 20.3 Å². The summed E-state index contributed by atoms with van der Waals surface area (Å²) in [4.78, 5) is 11.7. The second kappa shape index (κ2) is 9.47. The van der Waals surface area contributed by atoms with E-state index in [1.54, 1.807) is 25.3 Å². The van der Waals surface area contributed by atoms with E-state index in [4.69, 9.17) is 21.1 Å². The number of nitrogens with one attached hydrogen (secondary N) is 2. The molecule has 0 saturated heterocycles. The Hall–Kier alpha value is -1.46. The van der Waals surface area contributed by atoms with E-state index in [-0.39, 0.29) is 6.03 Å². The van der Waals surface area contributed by atoms with Crippen molar-refractivity contribution in [3.63, 3.8) is 0 Å². The summed E-state index contributed by atoms with van der Waals surface area (Å²) in [5, 5.41) is 5.98. The van der Waals surface area contributed by atoms with Crippen molar-refractivity contribution < 1.29 is 14.3 Å². The average Bonchev–Trinajstić information content (AvgIpc) is 2.41. The fourth-order valence-electron chi connectivity index (χ4n) is 1.58. The number of benzene rings is 1. The minimum Gasteiger partial charge on any atom is -0.490 e. The second-order valence-electron chi connectivity index (χ2n) is 5.05. The molecule has 5 nitrogen and oxygen atoms in total. The Morgan fingerprint density at radius 3 is 2.71 bits per heavy atom. The summed E-state index contributed by atoms with van der Waals surface area (Å²) in [6.45, 7) is 5.80. The number of anilines is 1. The third-order valence-corrected chi connectivity index (χ3v) is 3.04. The largest absolute Gasteiger partial charge is 0.490 e. The topological polar surface area (TPSA) is 59.6 Å². The minimum atomic E-state index is -0.236. The second-order valence-corrected chi connectivity index (χ2v) is 5.46. The van der Waals surface area contributed by atoms with Gasteiger partial charge in [-0.2, -0.15) is 0 Å². The number of carbonyl (C=O) groups is 1. The zero-order chi connectivity index (χ0) is 15.7. The standard InChI is InChI=1S/C15H23ClN2O3/c1-11(2)6-7-17-15(19)18-12-4-5-14(13(16)10-12)21-9-8-20-3/h4-5,10-11H,6-9H2,1-3H3,(H2,17,18,19). The first-order chi connectivity index (χ1) is 10.0. The van der Waals surface area contributed by atoms with Crippen molar-refractivity contribution in [1.29, 1.82) is 0 Å². The van der Waals surface area contributed by atoms with E-state index in [2.05, 4.69) is 24.5 Å². The summed E-state index contributed by atoms with van der Waals surface area (Å²) in [6.07, 6.45) is 0.945. The number of carbonyl (C=O) groups excluding carboxylic acids is 1. The van der Waals surface area contributed by atoms with Gasteiger partial charge >= 0.3 is 6.03 Å². The summed E-state index contributed by atoms with van der Waals surface area (Å²) in [5.41, 5.74) is 0.626. The third kappa shape index (κ3) is 7.20. The van der Waals surface area contributed by atoms with Crippen molar-refractivity contribution in [2.24, 2.45) is 5.92 Å². The number of urea groups is 1. The van der Waals surface area contributed by atoms with E-state index in [0.717, 1.165) is 6.42 Å². The monoisotopic (exact) mass is 314 g/mol. The zero-order valence-electron chi connectivity index (χ0n) is 12.7. The molecule has 1 aromatic rings. The van der Waals surface area contributed by atoms with E-state index >= 15 is 0 Å². The van der Waals surface area contributed by atoms with Gasteiger partial charge in [0.1, 0.15) is 12.4 Å². The molecule has 1 rings (SSSR count). The van der Waals surface area contributed by atoms with E-state index in [1.165, 1.54) is 0 Å². The predicted molar refractivity (Wildman–Crippen MR) is 85.3 cm³/mol. The zero-order valence-corrected chi connectivity index (χ0v) is 13.5. The van der Waals surface area contributed by atoms with Crippen molar-refractivity contribution in [1.82, 2.24) is 5.32 Å². The fraction of sp³-hybridized carbons (Fsp3) is 0.533. The Kier molecular flexibility index (Phi) is 7.93. The van der Waals surface area contributed by atoms with E-state index in [9.17, 15) is 4.79 Å². The van der Waals surface area contributed by atoms with Gasteiger partial charge in [-0.1, -0.05) is 25.4 Å². The summed E-state index contributed by atoms with van der Waals surface area (Å²) < 4.78 is 10.3. The van der Waals surface area contributed by atoms with Crippen LogP contribution >= 0.6 is 11.6 Å². The number of methoxy groups -OCH3 is 1. The molecule has 0 aromatic heterocycles. The number of halogens is 1. The van der Waals surface area contributed by atoms with Crippen LogP contribution < -0.4 is 15.4 Å². The van der Waals surface area contributed by atoms with E-state index < -0.39 is 0 Å². The first-order valence-electron chi connectivity index (χ1n) is 6.99. The number of ether oxygens (including phenoxy) is 2. The number of hydrogen-bond acceptors (Lipinski definition) is 3. The molecule has 6 heteroatoms. The maximum Gasteiger partial charge on any atom is 0.319 e. The van der Waals surface area contributed by atoms with Crippen LogP contribution in [-0.2, 0) is 4.74 Å². The summed E-state index contributed by atoms with van der Waals surface area (Å²) >= 11 is 6.10. The Balaban J connectivity index is 2.45. The molecule has 0 atom stereocenters. The third-order valence-electron chi connectivity index (χ3n) is 2.74. The van der Waals surface area contributed by atoms with Gasteiger partial charge in [-0.3, -0.25) is 0 Å². The Morgan fingerprint density at radius 2 is 2.10 bits per heavy atom. The van der Waals surface area contributed by atoms with Crippen LogP contribution in [0.3, 0.4) is 0 Å². The first-order valence-corrected chi connectivity index (χ1v) is 7.37. The average molecular weight is 315 g/mol.